The number of nitrogens with zero attached hydrogens (tertiary/aromatic N) is 1. The highest BCUT2D eigenvalue weighted by atomic mass is 19.1. The summed E-state index contributed by atoms with van der Waals surface area (Å²) in [5.74, 6) is -0.241. The van der Waals surface area contributed by atoms with Crippen molar-refractivity contribution in [2.24, 2.45) is 0 Å². The molecule has 2 aromatic rings. The van der Waals surface area contributed by atoms with Crippen molar-refractivity contribution in [1.29, 1.82) is 0 Å². The first-order valence-corrected chi connectivity index (χ1v) is 6.08. The number of oxazole rings is 1. The standard InChI is InChI=1S/C14H17FN2O2/c1-10(14-8-19-9-17-14)16-6-11-3-4-13(15)12(5-11)7-18-2/h3-5,8-10,16H,6-7H2,1-2H3. The number of ether oxygens (including phenoxy) is 1. The van der Waals surface area contributed by atoms with Crippen LogP contribution < -0.4 is 5.32 Å². The summed E-state index contributed by atoms with van der Waals surface area (Å²) in [6.45, 7) is 2.90. The lowest BCUT2D eigenvalue weighted by atomic mass is 10.1. The van der Waals surface area contributed by atoms with Crippen LogP contribution in [0.4, 0.5) is 4.39 Å². The molecule has 0 saturated heterocycles. The molecule has 1 unspecified atom stereocenters. The molecule has 1 aromatic carbocycles. The number of rotatable bonds is 6. The number of aromatic nitrogens is 1. The Bertz CT molecular complexity index is 514. The Hall–Kier alpha value is -1.72. The molecule has 0 amide bonds. The minimum Gasteiger partial charge on any atom is -0.451 e. The van der Waals surface area contributed by atoms with E-state index in [-0.39, 0.29) is 18.5 Å². The molecule has 0 radical (unpaired) electrons. The van der Waals surface area contributed by atoms with Crippen molar-refractivity contribution in [1.82, 2.24) is 10.3 Å². The molecule has 0 aliphatic heterocycles. The van der Waals surface area contributed by atoms with Crippen molar-refractivity contribution in [2.45, 2.75) is 26.1 Å². The van der Waals surface area contributed by atoms with Crippen LogP contribution in [0.2, 0.25) is 0 Å². The van der Waals surface area contributed by atoms with Gasteiger partial charge in [0.15, 0.2) is 6.39 Å². The second kappa shape index (κ2) is 6.45. The molecule has 0 saturated carbocycles. The van der Waals surface area contributed by atoms with E-state index in [1.807, 2.05) is 6.92 Å². The largest absolute Gasteiger partial charge is 0.451 e. The Balaban J connectivity index is 1.97. The number of benzene rings is 1. The van der Waals surface area contributed by atoms with Crippen LogP contribution in [0.25, 0.3) is 0 Å². The fourth-order valence-electron chi connectivity index (χ4n) is 1.82. The first-order valence-electron chi connectivity index (χ1n) is 6.08. The molecule has 0 fully saturated rings. The summed E-state index contributed by atoms with van der Waals surface area (Å²) in [5, 5.41) is 3.30. The predicted octanol–water partition coefficient (Wildman–Crippen LogP) is 2.81. The van der Waals surface area contributed by atoms with Gasteiger partial charge in [-0.3, -0.25) is 0 Å². The van der Waals surface area contributed by atoms with Crippen molar-refractivity contribution in [3.63, 3.8) is 0 Å². The molecule has 1 aromatic heterocycles. The monoisotopic (exact) mass is 264 g/mol. The summed E-state index contributed by atoms with van der Waals surface area (Å²) in [6, 6.07) is 5.11. The van der Waals surface area contributed by atoms with Crippen LogP contribution in [0.3, 0.4) is 0 Å². The Labute approximate surface area is 111 Å². The van der Waals surface area contributed by atoms with Crippen molar-refractivity contribution in [2.75, 3.05) is 7.11 Å². The number of hydrogen-bond donors (Lipinski definition) is 1. The van der Waals surface area contributed by atoms with Crippen LogP contribution >= 0.6 is 0 Å². The summed E-state index contributed by atoms with van der Waals surface area (Å²) in [4.78, 5) is 4.08. The van der Waals surface area contributed by atoms with Gasteiger partial charge in [0.25, 0.3) is 0 Å². The van der Waals surface area contributed by atoms with Gasteiger partial charge in [-0.2, -0.15) is 0 Å². The first kappa shape index (κ1) is 13.7. The van der Waals surface area contributed by atoms with Crippen molar-refractivity contribution < 1.29 is 13.5 Å². The molecule has 0 spiro atoms. The van der Waals surface area contributed by atoms with Crippen molar-refractivity contribution in [3.8, 4) is 0 Å². The first-order chi connectivity index (χ1) is 9.20. The molecule has 102 valence electrons. The quantitative estimate of drug-likeness (QED) is 0.871. The minimum absolute atomic E-state index is 0.0784. The summed E-state index contributed by atoms with van der Waals surface area (Å²) >= 11 is 0. The van der Waals surface area contributed by atoms with Crippen LogP contribution in [0.5, 0.6) is 0 Å². The van der Waals surface area contributed by atoms with E-state index in [0.717, 1.165) is 11.3 Å². The topological polar surface area (TPSA) is 47.3 Å². The second-order valence-corrected chi connectivity index (χ2v) is 4.37. The summed E-state index contributed by atoms with van der Waals surface area (Å²) in [5.41, 5.74) is 2.42. The molecular formula is C14H17FN2O2. The molecule has 2 rings (SSSR count). The maximum atomic E-state index is 13.5. The zero-order valence-electron chi connectivity index (χ0n) is 11.0. The SMILES string of the molecule is COCc1cc(CNC(C)c2cocn2)ccc1F. The number of halogens is 1. The van der Waals surface area contributed by atoms with Crippen LogP contribution in [0.1, 0.15) is 29.8 Å². The second-order valence-electron chi connectivity index (χ2n) is 4.37. The van der Waals surface area contributed by atoms with Crippen molar-refractivity contribution >= 4 is 0 Å². The van der Waals surface area contributed by atoms with Gasteiger partial charge in [0, 0.05) is 19.2 Å². The molecule has 1 heterocycles. The highest BCUT2D eigenvalue weighted by molar-refractivity contribution is 5.24. The van der Waals surface area contributed by atoms with E-state index in [1.165, 1.54) is 12.5 Å². The lowest BCUT2D eigenvalue weighted by Crippen LogP contribution is -2.18. The number of nitrogens with one attached hydrogen (secondary N) is 1. The van der Waals surface area contributed by atoms with E-state index in [4.69, 9.17) is 9.15 Å². The molecule has 5 heteroatoms. The lowest BCUT2D eigenvalue weighted by Gasteiger charge is -2.12. The third-order valence-electron chi connectivity index (χ3n) is 2.92. The van der Waals surface area contributed by atoms with Gasteiger partial charge in [-0.1, -0.05) is 6.07 Å². The molecule has 0 aliphatic carbocycles. The third-order valence-corrected chi connectivity index (χ3v) is 2.92. The fourth-order valence-corrected chi connectivity index (χ4v) is 1.82. The molecule has 0 aliphatic rings. The highest BCUT2D eigenvalue weighted by Gasteiger charge is 2.08. The van der Waals surface area contributed by atoms with Gasteiger partial charge >= 0.3 is 0 Å². The third kappa shape index (κ3) is 3.62. The summed E-state index contributed by atoms with van der Waals surface area (Å²) in [6.07, 6.45) is 3.01. The number of methoxy groups -OCH3 is 1. The normalized spacial score (nSPS) is 12.6. The van der Waals surface area contributed by atoms with E-state index >= 15 is 0 Å². The van der Waals surface area contributed by atoms with Gasteiger partial charge in [-0.25, -0.2) is 9.37 Å². The maximum Gasteiger partial charge on any atom is 0.180 e. The lowest BCUT2D eigenvalue weighted by molar-refractivity contribution is 0.181. The Kier molecular flexibility index (Phi) is 4.65. The zero-order chi connectivity index (χ0) is 13.7. The van der Waals surface area contributed by atoms with E-state index in [0.29, 0.717) is 12.1 Å². The van der Waals surface area contributed by atoms with Gasteiger partial charge in [0.2, 0.25) is 0 Å². The molecule has 1 atom stereocenters. The summed E-state index contributed by atoms with van der Waals surface area (Å²) in [7, 11) is 1.55. The molecule has 19 heavy (non-hydrogen) atoms. The molecular weight excluding hydrogens is 247 g/mol. The Morgan fingerprint density at radius 2 is 2.32 bits per heavy atom. The van der Waals surface area contributed by atoms with Gasteiger partial charge < -0.3 is 14.5 Å². The Morgan fingerprint density at radius 3 is 3.00 bits per heavy atom. The zero-order valence-corrected chi connectivity index (χ0v) is 11.0. The van der Waals surface area contributed by atoms with E-state index in [9.17, 15) is 4.39 Å². The highest BCUT2D eigenvalue weighted by Crippen LogP contribution is 2.14. The average Bonchev–Trinajstić information content (AvgIpc) is 2.93. The van der Waals surface area contributed by atoms with E-state index in [1.54, 1.807) is 25.5 Å². The Morgan fingerprint density at radius 1 is 1.47 bits per heavy atom. The van der Waals surface area contributed by atoms with Gasteiger partial charge in [-0.15, -0.1) is 0 Å². The molecule has 4 nitrogen and oxygen atoms in total. The number of hydrogen-bond acceptors (Lipinski definition) is 4. The molecule has 1 N–H and O–H groups in total. The smallest absolute Gasteiger partial charge is 0.180 e. The summed E-state index contributed by atoms with van der Waals surface area (Å²) < 4.78 is 23.4. The van der Waals surface area contributed by atoms with Crippen molar-refractivity contribution in [3.05, 3.63) is 53.5 Å². The predicted molar refractivity (Wildman–Crippen MR) is 68.9 cm³/mol. The van der Waals surface area contributed by atoms with Crippen LogP contribution in [0.15, 0.2) is 35.3 Å². The van der Waals surface area contributed by atoms with Crippen LogP contribution in [0, 0.1) is 5.82 Å². The van der Waals surface area contributed by atoms with Crippen LogP contribution in [-0.2, 0) is 17.9 Å². The van der Waals surface area contributed by atoms with Gasteiger partial charge in [0.05, 0.1) is 18.3 Å². The minimum atomic E-state index is -0.241. The average molecular weight is 264 g/mol. The van der Waals surface area contributed by atoms with Gasteiger partial charge in [-0.05, 0) is 24.6 Å². The van der Waals surface area contributed by atoms with E-state index < -0.39 is 0 Å². The van der Waals surface area contributed by atoms with Crippen LogP contribution in [-0.4, -0.2) is 12.1 Å². The maximum absolute atomic E-state index is 13.5. The van der Waals surface area contributed by atoms with E-state index in [2.05, 4.69) is 10.3 Å². The fraction of sp³-hybridized carbons (Fsp3) is 0.357. The molecule has 0 bridgehead atoms. The van der Waals surface area contributed by atoms with Gasteiger partial charge in [0.1, 0.15) is 12.1 Å².